The van der Waals surface area contributed by atoms with Crippen molar-refractivity contribution < 1.29 is 0 Å². The first-order valence-corrected chi connectivity index (χ1v) is 10.9. The minimum absolute atomic E-state index is 0.0248. The molecule has 7 heteroatoms. The summed E-state index contributed by atoms with van der Waals surface area (Å²) in [4.78, 5) is 22.3. The topological polar surface area (TPSA) is 47.8 Å². The number of halogens is 1. The van der Waals surface area contributed by atoms with Crippen LogP contribution in [0.4, 0.5) is 0 Å². The molecule has 0 saturated heterocycles. The van der Waals surface area contributed by atoms with E-state index in [1.54, 1.807) is 27.7 Å². The minimum atomic E-state index is 0.0248. The summed E-state index contributed by atoms with van der Waals surface area (Å²) in [6.45, 7) is 7.04. The van der Waals surface area contributed by atoms with Gasteiger partial charge in [0.2, 0.25) is 0 Å². The number of hydrogen-bond acceptors (Lipinski definition) is 5. The zero-order chi connectivity index (χ0) is 18.0. The second kappa shape index (κ2) is 8.01. The third-order valence-electron chi connectivity index (χ3n) is 3.74. The van der Waals surface area contributed by atoms with Crippen molar-refractivity contribution in [3.05, 3.63) is 49.1 Å². The number of rotatable bonds is 6. The van der Waals surface area contributed by atoms with E-state index in [2.05, 4.69) is 47.1 Å². The fraction of sp³-hybridized carbons (Fsp3) is 0.389. The van der Waals surface area contributed by atoms with Crippen LogP contribution in [-0.4, -0.2) is 14.5 Å². The van der Waals surface area contributed by atoms with Gasteiger partial charge in [-0.25, -0.2) is 9.97 Å². The van der Waals surface area contributed by atoms with Gasteiger partial charge in [-0.2, -0.15) is 0 Å². The zero-order valence-corrected chi connectivity index (χ0v) is 17.7. The van der Waals surface area contributed by atoms with Crippen LogP contribution in [0.5, 0.6) is 0 Å². The molecule has 0 N–H and O–H groups in total. The lowest BCUT2D eigenvalue weighted by atomic mass is 10.2. The number of benzene rings is 1. The highest BCUT2D eigenvalue weighted by molar-refractivity contribution is 9.10. The lowest BCUT2D eigenvalue weighted by Crippen LogP contribution is -2.23. The first-order valence-electron chi connectivity index (χ1n) is 8.26. The Kier molecular flexibility index (Phi) is 5.96. The van der Waals surface area contributed by atoms with Crippen molar-refractivity contribution in [2.24, 2.45) is 0 Å². The van der Waals surface area contributed by atoms with Gasteiger partial charge in [-0.3, -0.25) is 9.36 Å². The summed E-state index contributed by atoms with van der Waals surface area (Å²) >= 11 is 6.71. The maximum Gasteiger partial charge on any atom is 0.262 e. The maximum absolute atomic E-state index is 12.9. The van der Waals surface area contributed by atoms with Gasteiger partial charge in [-0.1, -0.05) is 48.5 Å². The highest BCUT2D eigenvalue weighted by Crippen LogP contribution is 2.26. The second-order valence-corrected chi connectivity index (χ2v) is 8.88. The lowest BCUT2D eigenvalue weighted by molar-refractivity contribution is 0.584. The van der Waals surface area contributed by atoms with E-state index in [1.165, 1.54) is 0 Å². The molecule has 3 rings (SSSR count). The van der Waals surface area contributed by atoms with Crippen molar-refractivity contribution in [2.75, 3.05) is 0 Å². The van der Waals surface area contributed by atoms with Gasteiger partial charge in [-0.05, 0) is 24.6 Å². The monoisotopic (exact) mass is 437 g/mol. The van der Waals surface area contributed by atoms with Crippen molar-refractivity contribution in [2.45, 2.75) is 50.6 Å². The molecule has 0 aliphatic heterocycles. The first-order chi connectivity index (χ1) is 12.0. The number of aromatic nitrogens is 3. The summed E-state index contributed by atoms with van der Waals surface area (Å²) < 4.78 is 2.68. The molecule has 0 amide bonds. The SMILES string of the molecule is CCCn1c(SCc2csc(C(C)C)n2)nc2ccc(Br)cc2c1=O. The molecule has 1 aromatic carbocycles. The van der Waals surface area contributed by atoms with Crippen molar-refractivity contribution in [1.82, 2.24) is 14.5 Å². The molecule has 0 spiro atoms. The first kappa shape index (κ1) is 18.6. The summed E-state index contributed by atoms with van der Waals surface area (Å²) in [7, 11) is 0. The Morgan fingerprint density at radius 3 is 2.80 bits per heavy atom. The molecule has 0 saturated carbocycles. The van der Waals surface area contributed by atoms with E-state index in [1.807, 2.05) is 18.2 Å². The molecule has 0 fully saturated rings. The molecule has 2 aromatic heterocycles. The normalized spacial score (nSPS) is 11.6. The van der Waals surface area contributed by atoms with Gasteiger partial charge in [0.05, 0.1) is 21.6 Å². The van der Waals surface area contributed by atoms with E-state index in [4.69, 9.17) is 4.98 Å². The van der Waals surface area contributed by atoms with Crippen molar-refractivity contribution in [3.63, 3.8) is 0 Å². The van der Waals surface area contributed by atoms with Crippen LogP contribution in [0.2, 0.25) is 0 Å². The molecule has 0 aliphatic carbocycles. The summed E-state index contributed by atoms with van der Waals surface area (Å²) in [5.41, 5.74) is 1.81. The largest absolute Gasteiger partial charge is 0.287 e. The van der Waals surface area contributed by atoms with Crippen LogP contribution in [0.15, 0.2) is 38.0 Å². The molecule has 3 aromatic rings. The summed E-state index contributed by atoms with van der Waals surface area (Å²) in [6.07, 6.45) is 0.892. The summed E-state index contributed by atoms with van der Waals surface area (Å²) in [6, 6.07) is 5.66. The minimum Gasteiger partial charge on any atom is -0.287 e. The molecule has 0 atom stereocenters. The van der Waals surface area contributed by atoms with E-state index >= 15 is 0 Å². The van der Waals surface area contributed by atoms with Gasteiger partial charge in [0.25, 0.3) is 5.56 Å². The molecular weight excluding hydrogens is 418 g/mol. The van der Waals surface area contributed by atoms with Crippen LogP contribution in [0.1, 0.15) is 43.8 Å². The zero-order valence-electron chi connectivity index (χ0n) is 14.5. The molecule has 25 heavy (non-hydrogen) atoms. The van der Waals surface area contributed by atoms with E-state index < -0.39 is 0 Å². The maximum atomic E-state index is 12.9. The Bertz CT molecular complexity index is 949. The highest BCUT2D eigenvalue weighted by atomic mass is 79.9. The Morgan fingerprint density at radius 1 is 1.32 bits per heavy atom. The van der Waals surface area contributed by atoms with Gasteiger partial charge < -0.3 is 0 Å². The van der Waals surface area contributed by atoms with E-state index in [0.717, 1.165) is 38.0 Å². The average molecular weight is 438 g/mol. The van der Waals surface area contributed by atoms with Gasteiger partial charge in [0.15, 0.2) is 5.16 Å². The standard InChI is InChI=1S/C18H20BrN3OS2/c1-4-7-22-17(23)14-8-12(19)5-6-15(14)21-18(22)25-10-13-9-24-16(20-13)11(2)3/h5-6,8-9,11H,4,7,10H2,1-3H3. The van der Waals surface area contributed by atoms with E-state index in [0.29, 0.717) is 17.8 Å². The van der Waals surface area contributed by atoms with E-state index in [9.17, 15) is 4.79 Å². The number of hydrogen-bond donors (Lipinski definition) is 0. The molecular formula is C18H20BrN3OS2. The number of thioether (sulfide) groups is 1. The average Bonchev–Trinajstić information content (AvgIpc) is 3.06. The molecule has 0 aliphatic rings. The fourth-order valence-corrected chi connectivity index (χ4v) is 4.72. The number of nitrogens with zero attached hydrogens (tertiary/aromatic N) is 3. The Hall–Kier alpha value is -1.18. The summed E-state index contributed by atoms with van der Waals surface area (Å²) in [5, 5.41) is 4.67. The van der Waals surface area contributed by atoms with Gasteiger partial charge in [0.1, 0.15) is 0 Å². The lowest BCUT2D eigenvalue weighted by Gasteiger charge is -2.12. The Morgan fingerprint density at radius 2 is 2.12 bits per heavy atom. The predicted molar refractivity (Wildman–Crippen MR) is 110 cm³/mol. The molecule has 0 unspecified atom stereocenters. The van der Waals surface area contributed by atoms with Crippen LogP contribution in [-0.2, 0) is 12.3 Å². The molecule has 2 heterocycles. The Balaban J connectivity index is 1.94. The van der Waals surface area contributed by atoms with Crippen molar-refractivity contribution in [3.8, 4) is 0 Å². The van der Waals surface area contributed by atoms with Gasteiger partial charge in [-0.15, -0.1) is 11.3 Å². The van der Waals surface area contributed by atoms with Gasteiger partial charge >= 0.3 is 0 Å². The summed E-state index contributed by atoms with van der Waals surface area (Å²) in [5.74, 6) is 1.17. The predicted octanol–water partition coefficient (Wildman–Crippen LogP) is 5.44. The van der Waals surface area contributed by atoms with Gasteiger partial charge in [0, 0.05) is 28.1 Å². The second-order valence-electron chi connectivity index (χ2n) is 6.13. The van der Waals surface area contributed by atoms with Crippen LogP contribution in [0.3, 0.4) is 0 Å². The molecule has 4 nitrogen and oxygen atoms in total. The van der Waals surface area contributed by atoms with Crippen molar-refractivity contribution in [1.29, 1.82) is 0 Å². The van der Waals surface area contributed by atoms with Crippen LogP contribution in [0, 0.1) is 0 Å². The number of fused-ring (bicyclic) bond motifs is 1. The van der Waals surface area contributed by atoms with E-state index in [-0.39, 0.29) is 5.56 Å². The number of thiazole rings is 1. The van der Waals surface area contributed by atoms with Crippen LogP contribution < -0.4 is 5.56 Å². The van der Waals surface area contributed by atoms with Crippen LogP contribution >= 0.6 is 39.0 Å². The van der Waals surface area contributed by atoms with Crippen molar-refractivity contribution >= 4 is 49.9 Å². The quantitative estimate of drug-likeness (QED) is 0.380. The third kappa shape index (κ3) is 4.15. The molecule has 132 valence electrons. The molecule has 0 bridgehead atoms. The van der Waals surface area contributed by atoms with Crippen LogP contribution in [0.25, 0.3) is 10.9 Å². The highest BCUT2D eigenvalue weighted by Gasteiger charge is 2.13. The molecule has 0 radical (unpaired) electrons. The fourth-order valence-electron chi connectivity index (χ4n) is 2.50. The Labute approximate surface area is 163 Å². The third-order valence-corrected chi connectivity index (χ3v) is 6.44. The smallest absolute Gasteiger partial charge is 0.262 e.